The van der Waals surface area contributed by atoms with E-state index >= 15 is 0 Å². The Morgan fingerprint density at radius 1 is 0.517 bits per heavy atom. The van der Waals surface area contributed by atoms with Gasteiger partial charge in [0.05, 0.1) is 6.61 Å². The fourth-order valence-corrected chi connectivity index (χ4v) is 8.07. The minimum absolute atomic E-state index is 0.0898. The maximum atomic E-state index is 12.8. The minimum atomic E-state index is -5.11. The highest BCUT2D eigenvalue weighted by Crippen LogP contribution is 2.47. The van der Waals surface area contributed by atoms with Crippen molar-refractivity contribution in [2.45, 2.75) is 243 Å². The second-order valence-corrected chi connectivity index (χ2v) is 17.7. The van der Waals surface area contributed by atoms with Crippen LogP contribution in [-0.4, -0.2) is 98.3 Å². The van der Waals surface area contributed by atoms with Gasteiger partial charge in [-0.3, -0.25) is 18.6 Å². The zero-order chi connectivity index (χ0) is 42.9. The van der Waals surface area contributed by atoms with Crippen molar-refractivity contribution >= 4 is 19.8 Å². The van der Waals surface area contributed by atoms with E-state index in [1.54, 1.807) is 0 Å². The summed E-state index contributed by atoms with van der Waals surface area (Å²) in [5, 5.41) is 50.1. The van der Waals surface area contributed by atoms with Gasteiger partial charge in [0, 0.05) is 12.8 Å². The smallest absolute Gasteiger partial charge is 0.462 e. The molecule has 1 rings (SSSR count). The first-order chi connectivity index (χ1) is 27.9. The van der Waals surface area contributed by atoms with Crippen molar-refractivity contribution < 1.29 is 63.1 Å². The van der Waals surface area contributed by atoms with Crippen molar-refractivity contribution in [1.82, 2.24) is 0 Å². The van der Waals surface area contributed by atoms with E-state index in [-0.39, 0.29) is 12.8 Å². The number of hydrogen-bond donors (Lipinski definition) is 6. The highest BCUT2D eigenvalue weighted by atomic mass is 31.2. The standard InChI is InChI=1S/C44H83O13P/c1-3-5-7-9-11-13-15-16-17-18-19-20-21-23-24-26-28-30-32-37(45)54-34-36(56-38(46)33-31-29-27-25-22-14-12-10-8-6-4-2)35-55-58(52,53)57-44-42(50)40(48)39(47)41(49)43(44)51/h10,12,36,39-44,47-51H,3-9,11,13-35H2,1-2H3,(H,52,53)/b12-10-. The zero-order valence-electron chi connectivity index (χ0n) is 36.1. The van der Waals surface area contributed by atoms with Crippen LogP contribution < -0.4 is 0 Å². The van der Waals surface area contributed by atoms with Gasteiger partial charge < -0.3 is 39.9 Å². The lowest BCUT2D eigenvalue weighted by atomic mass is 9.85. The van der Waals surface area contributed by atoms with Gasteiger partial charge in [-0.2, -0.15) is 0 Å². The zero-order valence-corrected chi connectivity index (χ0v) is 37.0. The molecule has 1 aliphatic carbocycles. The van der Waals surface area contributed by atoms with Crippen LogP contribution in [0.15, 0.2) is 12.2 Å². The molecule has 342 valence electrons. The molecule has 1 fully saturated rings. The monoisotopic (exact) mass is 851 g/mol. The van der Waals surface area contributed by atoms with E-state index in [4.69, 9.17) is 18.5 Å². The molecule has 0 radical (unpaired) electrons. The highest BCUT2D eigenvalue weighted by molar-refractivity contribution is 7.47. The third kappa shape index (κ3) is 27.4. The van der Waals surface area contributed by atoms with Gasteiger partial charge in [-0.1, -0.05) is 167 Å². The van der Waals surface area contributed by atoms with Crippen LogP contribution in [0, 0.1) is 0 Å². The first-order valence-electron chi connectivity index (χ1n) is 23.0. The molecule has 0 aromatic heterocycles. The molecule has 0 heterocycles. The molecule has 14 heteroatoms. The Morgan fingerprint density at radius 2 is 0.897 bits per heavy atom. The molecule has 58 heavy (non-hydrogen) atoms. The van der Waals surface area contributed by atoms with Crippen LogP contribution in [0.2, 0.25) is 0 Å². The summed E-state index contributed by atoms with van der Waals surface area (Å²) in [5.74, 6) is -1.10. The van der Waals surface area contributed by atoms with Crippen LogP contribution in [0.25, 0.3) is 0 Å². The second-order valence-electron chi connectivity index (χ2n) is 16.3. The minimum Gasteiger partial charge on any atom is -0.462 e. The Morgan fingerprint density at radius 3 is 1.36 bits per heavy atom. The molecule has 13 nitrogen and oxygen atoms in total. The van der Waals surface area contributed by atoms with Crippen molar-refractivity contribution in [3.05, 3.63) is 12.2 Å². The lowest BCUT2D eigenvalue weighted by Gasteiger charge is -2.41. The van der Waals surface area contributed by atoms with E-state index < -0.39 is 75.7 Å². The fourth-order valence-electron chi connectivity index (χ4n) is 7.09. The SMILES string of the molecule is CCCC/C=C\CCCCCCCC(=O)OC(COC(=O)CCCCCCCCCCCCCCCCCCCC)COP(=O)(O)OC1C(O)C(O)C(O)C(O)C1O. The third-order valence-corrected chi connectivity index (χ3v) is 11.8. The topological polar surface area (TPSA) is 210 Å². The van der Waals surface area contributed by atoms with Crippen molar-refractivity contribution in [3.63, 3.8) is 0 Å². The Kier molecular flexibility index (Phi) is 33.2. The van der Waals surface area contributed by atoms with Crippen molar-refractivity contribution in [1.29, 1.82) is 0 Å². The summed E-state index contributed by atoms with van der Waals surface area (Å²) in [4.78, 5) is 35.6. The van der Waals surface area contributed by atoms with E-state index in [9.17, 15) is 44.6 Å². The molecular formula is C44H83O13P. The first kappa shape index (κ1) is 54.6. The lowest BCUT2D eigenvalue weighted by Crippen LogP contribution is -2.64. The number of unbranched alkanes of at least 4 members (excludes halogenated alkanes) is 24. The van der Waals surface area contributed by atoms with Crippen LogP contribution >= 0.6 is 7.82 Å². The number of esters is 2. The van der Waals surface area contributed by atoms with E-state index in [0.717, 1.165) is 57.8 Å². The Labute approximate surface area is 350 Å². The molecule has 0 spiro atoms. The molecule has 6 atom stereocenters. The average molecular weight is 851 g/mol. The maximum Gasteiger partial charge on any atom is 0.472 e. The van der Waals surface area contributed by atoms with E-state index in [0.29, 0.717) is 12.8 Å². The molecule has 0 aromatic rings. The van der Waals surface area contributed by atoms with Crippen LogP contribution in [0.5, 0.6) is 0 Å². The molecule has 6 N–H and O–H groups in total. The normalized spacial score (nSPS) is 22.6. The first-order valence-corrected chi connectivity index (χ1v) is 24.5. The number of aliphatic hydroxyl groups excluding tert-OH is 5. The summed E-state index contributed by atoms with van der Waals surface area (Å²) in [6.07, 6.45) is 22.8. The van der Waals surface area contributed by atoms with Gasteiger partial charge in [0.1, 0.15) is 43.2 Å². The number of carbonyl (C=O) groups excluding carboxylic acids is 2. The number of allylic oxidation sites excluding steroid dienone is 2. The number of phosphoric acid groups is 1. The van der Waals surface area contributed by atoms with Gasteiger partial charge >= 0.3 is 19.8 Å². The van der Waals surface area contributed by atoms with Gasteiger partial charge in [-0.25, -0.2) is 4.57 Å². The second kappa shape index (κ2) is 35.2. The third-order valence-electron chi connectivity index (χ3n) is 10.9. The predicted molar refractivity (Wildman–Crippen MR) is 226 cm³/mol. The van der Waals surface area contributed by atoms with Crippen LogP contribution in [0.1, 0.15) is 200 Å². The lowest BCUT2D eigenvalue weighted by molar-refractivity contribution is -0.220. The predicted octanol–water partition coefficient (Wildman–Crippen LogP) is 8.67. The van der Waals surface area contributed by atoms with Crippen LogP contribution in [0.3, 0.4) is 0 Å². The molecule has 1 aliphatic rings. The summed E-state index contributed by atoms with van der Waals surface area (Å²) in [5.41, 5.74) is 0. The summed E-state index contributed by atoms with van der Waals surface area (Å²) in [6, 6.07) is 0. The van der Waals surface area contributed by atoms with Gasteiger partial charge in [-0.15, -0.1) is 0 Å². The number of ether oxygens (including phenoxy) is 2. The molecule has 0 amide bonds. The van der Waals surface area contributed by atoms with Gasteiger partial charge in [0.2, 0.25) is 0 Å². The number of phosphoric ester groups is 1. The molecule has 0 aliphatic heterocycles. The van der Waals surface area contributed by atoms with E-state index in [1.807, 2.05) is 0 Å². The molecule has 6 unspecified atom stereocenters. The van der Waals surface area contributed by atoms with Gasteiger partial charge in [0.25, 0.3) is 0 Å². The van der Waals surface area contributed by atoms with Crippen LogP contribution in [0.4, 0.5) is 0 Å². The average Bonchev–Trinajstić information content (AvgIpc) is 3.20. The maximum absolute atomic E-state index is 12.8. The molecule has 0 aromatic carbocycles. The van der Waals surface area contributed by atoms with Crippen molar-refractivity contribution in [2.75, 3.05) is 13.2 Å². The molecule has 0 saturated heterocycles. The largest absolute Gasteiger partial charge is 0.472 e. The summed E-state index contributed by atoms with van der Waals surface area (Å²) >= 11 is 0. The number of hydrogen-bond acceptors (Lipinski definition) is 12. The Hall–Kier alpha value is -1.41. The van der Waals surface area contributed by atoms with Gasteiger partial charge in [0.15, 0.2) is 6.10 Å². The van der Waals surface area contributed by atoms with Gasteiger partial charge in [-0.05, 0) is 32.1 Å². The quantitative estimate of drug-likeness (QED) is 0.0149. The molecule has 0 bridgehead atoms. The number of rotatable bonds is 38. The summed E-state index contributed by atoms with van der Waals surface area (Å²) in [6.45, 7) is 3.26. The van der Waals surface area contributed by atoms with Crippen LogP contribution in [-0.2, 0) is 32.7 Å². The van der Waals surface area contributed by atoms with Crippen molar-refractivity contribution in [2.24, 2.45) is 0 Å². The summed E-state index contributed by atoms with van der Waals surface area (Å²) < 4.78 is 33.5. The Bertz CT molecular complexity index is 1080. The highest BCUT2D eigenvalue weighted by Gasteiger charge is 2.51. The molecule has 1 saturated carbocycles. The Balaban J connectivity index is 2.41. The summed E-state index contributed by atoms with van der Waals surface area (Å²) in [7, 11) is -5.11. The number of carbonyl (C=O) groups is 2. The van der Waals surface area contributed by atoms with E-state index in [2.05, 4.69) is 26.0 Å². The molecular weight excluding hydrogens is 767 g/mol. The fraction of sp³-hybridized carbons (Fsp3) is 0.909. The van der Waals surface area contributed by atoms with Crippen molar-refractivity contribution in [3.8, 4) is 0 Å². The van der Waals surface area contributed by atoms with E-state index in [1.165, 1.54) is 103 Å². The number of aliphatic hydroxyl groups is 5.